The van der Waals surface area contributed by atoms with E-state index >= 15 is 0 Å². The molecule has 4 aromatic rings. The second-order valence-electron chi connectivity index (χ2n) is 9.99. The first kappa shape index (κ1) is 29.2. The largest absolute Gasteiger partial charge is 0.481 e. The number of aliphatic hydroxyl groups excluding tert-OH is 1. The zero-order chi connectivity index (χ0) is 28.8. The molecule has 1 amide bonds. The van der Waals surface area contributed by atoms with Crippen LogP contribution in [-0.4, -0.2) is 38.9 Å². The predicted octanol–water partition coefficient (Wildman–Crippen LogP) is 5.85. The van der Waals surface area contributed by atoms with E-state index < -0.39 is 12.3 Å². The van der Waals surface area contributed by atoms with Crippen LogP contribution in [0.1, 0.15) is 54.4 Å². The van der Waals surface area contributed by atoms with E-state index in [4.69, 9.17) is 19.6 Å². The molecule has 3 aromatic carbocycles. The molecular weight excluding hydrogens is 560 g/mol. The molecule has 10 heteroatoms. The molecule has 5 rings (SSSR count). The summed E-state index contributed by atoms with van der Waals surface area (Å²) < 4.78 is 15.2. The molecule has 2 heterocycles. The Balaban J connectivity index is 1.30. The van der Waals surface area contributed by atoms with E-state index in [9.17, 15) is 14.7 Å². The van der Waals surface area contributed by atoms with Crippen LogP contribution in [0.4, 0.5) is 0 Å². The number of rotatable bonds is 11. The van der Waals surface area contributed by atoms with Gasteiger partial charge in [-0.3, -0.25) is 9.59 Å². The van der Waals surface area contributed by atoms with Crippen molar-refractivity contribution in [2.24, 2.45) is 5.92 Å². The third-order valence-electron chi connectivity index (χ3n) is 7.08. The normalized spacial score (nSPS) is 20.6. The zero-order valence-electron chi connectivity index (χ0n) is 22.6. The third kappa shape index (κ3) is 7.52. The summed E-state index contributed by atoms with van der Waals surface area (Å²) in [5, 5.41) is 21.0. The van der Waals surface area contributed by atoms with Gasteiger partial charge in [0.15, 0.2) is 10.6 Å². The van der Waals surface area contributed by atoms with Gasteiger partial charge < -0.3 is 25.0 Å². The molecular formula is C31H32N2O6S2. The second-order valence-corrected chi connectivity index (χ2v) is 12.3. The first-order valence-corrected chi connectivity index (χ1v) is 15.3. The maximum atomic E-state index is 11.9. The van der Waals surface area contributed by atoms with Crippen LogP contribution in [0.5, 0.6) is 0 Å². The number of carbonyl (C=O) groups excluding carboxylic acids is 1. The number of ether oxygens (including phenoxy) is 2. The number of benzene rings is 3. The number of nitrogens with zero attached hydrogens (tertiary/aromatic N) is 1. The molecule has 1 fully saturated rings. The summed E-state index contributed by atoms with van der Waals surface area (Å²) in [6.45, 7) is 2.44. The van der Waals surface area contributed by atoms with E-state index in [1.54, 1.807) is 23.1 Å². The summed E-state index contributed by atoms with van der Waals surface area (Å²) in [6, 6.07) is 23.7. The molecule has 1 aliphatic heterocycles. The Bertz CT molecular complexity index is 1440. The quantitative estimate of drug-likeness (QED) is 0.186. The van der Waals surface area contributed by atoms with Gasteiger partial charge in [-0.1, -0.05) is 79.3 Å². The molecule has 1 saturated heterocycles. The number of thioether (sulfide) groups is 1. The molecule has 0 radical (unpaired) electrons. The van der Waals surface area contributed by atoms with Gasteiger partial charge in [-0.15, -0.1) is 11.3 Å². The minimum Gasteiger partial charge on any atom is -0.481 e. The number of hydrogen-bond acceptors (Lipinski definition) is 8. The van der Waals surface area contributed by atoms with Crippen molar-refractivity contribution >= 4 is 45.2 Å². The van der Waals surface area contributed by atoms with Gasteiger partial charge in [0, 0.05) is 30.2 Å². The van der Waals surface area contributed by atoms with E-state index in [0.29, 0.717) is 12.3 Å². The van der Waals surface area contributed by atoms with Crippen molar-refractivity contribution in [1.29, 1.82) is 0 Å². The minimum atomic E-state index is -0.995. The Labute approximate surface area is 246 Å². The molecule has 8 nitrogen and oxygen atoms in total. The number of fused-ring (bicyclic) bond motifs is 1. The zero-order valence-corrected chi connectivity index (χ0v) is 24.2. The molecule has 0 aliphatic carbocycles. The summed E-state index contributed by atoms with van der Waals surface area (Å²) in [5.74, 6) is -0.515. The lowest BCUT2D eigenvalue weighted by atomic mass is 9.91. The van der Waals surface area contributed by atoms with Gasteiger partial charge in [-0.05, 0) is 28.8 Å². The number of carboxylic acids is 1. The highest BCUT2D eigenvalue weighted by Gasteiger charge is 2.38. The first-order valence-electron chi connectivity index (χ1n) is 13.5. The molecule has 0 saturated carbocycles. The van der Waals surface area contributed by atoms with Crippen LogP contribution in [-0.2, 0) is 32.2 Å². The molecule has 1 aliphatic rings. The lowest BCUT2D eigenvalue weighted by molar-refractivity contribution is -0.268. The number of carboxylic acid groups (broad SMARTS) is 1. The smallest absolute Gasteiger partial charge is 0.303 e. The number of aliphatic carboxylic acids is 1. The summed E-state index contributed by atoms with van der Waals surface area (Å²) in [7, 11) is 0. The molecule has 214 valence electrons. The number of hydrogen-bond donors (Lipinski definition) is 3. The number of aromatic nitrogens is 1. The van der Waals surface area contributed by atoms with E-state index in [2.05, 4.69) is 18.3 Å². The van der Waals surface area contributed by atoms with Crippen molar-refractivity contribution in [3.63, 3.8) is 0 Å². The minimum absolute atomic E-state index is 0.0130. The van der Waals surface area contributed by atoms with Crippen molar-refractivity contribution < 1.29 is 29.3 Å². The van der Waals surface area contributed by atoms with Gasteiger partial charge in [0.2, 0.25) is 5.91 Å². The standard InChI is InChI=1S/C31H32N2O6S2/c1-19-25(18-40-31-33-24-4-2-3-5-26(24)41-31)38-30(39-29(19)22-10-8-21(17-34)9-11-22)23-12-6-20(7-13-23)16-32-27(35)14-15-28(36)37/h2-13,19,25,29-30,34H,14-18H2,1H3,(H,32,35)(H,36,37)/t19-,25+,29+,30+/m1/s1. The summed E-state index contributed by atoms with van der Waals surface area (Å²) in [6.07, 6.45) is -1.15. The first-order chi connectivity index (χ1) is 19.9. The third-order valence-corrected chi connectivity index (χ3v) is 9.34. The van der Waals surface area contributed by atoms with Gasteiger partial charge in [0.25, 0.3) is 0 Å². The highest BCUT2D eigenvalue weighted by atomic mass is 32.2. The number of carbonyl (C=O) groups is 2. The van der Waals surface area contributed by atoms with Crippen molar-refractivity contribution in [3.8, 4) is 0 Å². The Morgan fingerprint density at radius 2 is 1.66 bits per heavy atom. The van der Waals surface area contributed by atoms with Crippen LogP contribution in [0.3, 0.4) is 0 Å². The maximum Gasteiger partial charge on any atom is 0.303 e. The van der Waals surface area contributed by atoms with E-state index in [1.807, 2.05) is 66.7 Å². The van der Waals surface area contributed by atoms with Crippen LogP contribution in [0.15, 0.2) is 77.1 Å². The van der Waals surface area contributed by atoms with Crippen molar-refractivity contribution in [1.82, 2.24) is 10.3 Å². The highest BCUT2D eigenvalue weighted by molar-refractivity contribution is 8.01. The fourth-order valence-electron chi connectivity index (χ4n) is 4.68. The fourth-order valence-corrected chi connectivity index (χ4v) is 6.94. The summed E-state index contributed by atoms with van der Waals surface area (Å²) in [4.78, 5) is 27.3. The van der Waals surface area contributed by atoms with Crippen molar-refractivity contribution in [3.05, 3.63) is 95.1 Å². The van der Waals surface area contributed by atoms with Crippen LogP contribution < -0.4 is 5.32 Å². The lowest BCUT2D eigenvalue weighted by Crippen LogP contribution is -2.38. The molecule has 4 atom stereocenters. The Morgan fingerprint density at radius 3 is 2.37 bits per heavy atom. The van der Waals surface area contributed by atoms with Gasteiger partial charge in [-0.2, -0.15) is 0 Å². The molecule has 0 bridgehead atoms. The monoisotopic (exact) mass is 592 g/mol. The summed E-state index contributed by atoms with van der Waals surface area (Å²) in [5.41, 5.74) is 4.63. The van der Waals surface area contributed by atoms with Crippen molar-refractivity contribution in [2.45, 2.75) is 55.8 Å². The lowest BCUT2D eigenvalue weighted by Gasteiger charge is -2.41. The Kier molecular flexibility index (Phi) is 9.68. The van der Waals surface area contributed by atoms with Crippen LogP contribution in [0.25, 0.3) is 10.2 Å². The SMILES string of the molecule is C[C@@H]1[C@H](CSc2nc3ccccc3s2)O[C@H](c2ccc(CNC(=O)CCC(=O)O)cc2)O[C@@H]1c1ccc(CO)cc1. The number of amides is 1. The van der Waals surface area contributed by atoms with E-state index in [-0.39, 0.29) is 43.5 Å². The maximum absolute atomic E-state index is 11.9. The second kappa shape index (κ2) is 13.6. The van der Waals surface area contributed by atoms with Gasteiger partial charge in [0.05, 0.1) is 35.5 Å². The number of thiazole rings is 1. The molecule has 3 N–H and O–H groups in total. The average molecular weight is 593 g/mol. The predicted molar refractivity (Wildman–Crippen MR) is 158 cm³/mol. The average Bonchev–Trinajstić information content (AvgIpc) is 3.42. The van der Waals surface area contributed by atoms with E-state index in [1.165, 1.54) is 0 Å². The van der Waals surface area contributed by atoms with E-state index in [0.717, 1.165) is 36.8 Å². The molecule has 1 aromatic heterocycles. The van der Waals surface area contributed by atoms with Gasteiger partial charge in [-0.25, -0.2) is 4.98 Å². The van der Waals surface area contributed by atoms with Crippen LogP contribution in [0, 0.1) is 5.92 Å². The summed E-state index contributed by atoms with van der Waals surface area (Å²) >= 11 is 3.37. The van der Waals surface area contributed by atoms with Crippen LogP contribution >= 0.6 is 23.1 Å². The Hall–Kier alpha value is -3.28. The number of para-hydroxylation sites is 1. The van der Waals surface area contributed by atoms with Crippen LogP contribution in [0.2, 0.25) is 0 Å². The van der Waals surface area contributed by atoms with Gasteiger partial charge >= 0.3 is 5.97 Å². The molecule has 0 spiro atoms. The topological polar surface area (TPSA) is 118 Å². The molecule has 0 unspecified atom stereocenters. The van der Waals surface area contributed by atoms with Crippen molar-refractivity contribution in [2.75, 3.05) is 5.75 Å². The Morgan fingerprint density at radius 1 is 0.951 bits per heavy atom. The highest BCUT2D eigenvalue weighted by Crippen LogP contribution is 2.43. The number of aliphatic hydroxyl groups is 1. The fraction of sp³-hybridized carbons (Fsp3) is 0.323. The van der Waals surface area contributed by atoms with Gasteiger partial charge in [0.1, 0.15) is 0 Å². The number of nitrogens with one attached hydrogen (secondary N) is 1. The molecule has 41 heavy (non-hydrogen) atoms.